The maximum Gasteiger partial charge on any atom is 0.243 e. The van der Waals surface area contributed by atoms with E-state index < -0.39 is 20.7 Å². The number of ether oxygens (including phenoxy) is 2. The Hall–Kier alpha value is -1.87. The minimum Gasteiger partial charge on any atom is -0.493 e. The van der Waals surface area contributed by atoms with Crippen molar-refractivity contribution in [3.63, 3.8) is 0 Å². The molecule has 1 heterocycles. The van der Waals surface area contributed by atoms with E-state index in [1.807, 2.05) is 24.3 Å². The fourth-order valence-corrected chi connectivity index (χ4v) is 4.88. The van der Waals surface area contributed by atoms with E-state index in [0.717, 1.165) is 50.4 Å². The maximum atomic E-state index is 13.9. The predicted molar refractivity (Wildman–Crippen MR) is 114 cm³/mol. The predicted octanol–water partition coefficient (Wildman–Crippen LogP) is 3.56. The molecule has 0 bridgehead atoms. The molecule has 30 heavy (non-hydrogen) atoms. The lowest BCUT2D eigenvalue weighted by Gasteiger charge is -2.31. The van der Waals surface area contributed by atoms with E-state index in [2.05, 4.69) is 9.62 Å². The molecule has 0 unspecified atom stereocenters. The van der Waals surface area contributed by atoms with Gasteiger partial charge in [0.1, 0.15) is 17.3 Å². The first-order valence-corrected chi connectivity index (χ1v) is 11.7. The molecular weight excluding hydrogens is 431 g/mol. The average Bonchev–Trinajstić information content (AvgIpc) is 2.75. The fourth-order valence-electron chi connectivity index (χ4n) is 3.43. The van der Waals surface area contributed by atoms with E-state index in [1.54, 1.807) is 7.11 Å². The molecule has 0 aliphatic carbocycles. The van der Waals surface area contributed by atoms with Gasteiger partial charge in [0, 0.05) is 18.1 Å². The molecular formula is C21H26ClFN2O4S. The highest BCUT2D eigenvalue weighted by atomic mass is 35.5. The van der Waals surface area contributed by atoms with Gasteiger partial charge in [-0.25, -0.2) is 17.5 Å². The van der Waals surface area contributed by atoms with Crippen LogP contribution in [0.5, 0.6) is 11.5 Å². The number of piperidine rings is 1. The zero-order valence-electron chi connectivity index (χ0n) is 16.8. The molecule has 6 nitrogen and oxygen atoms in total. The Morgan fingerprint density at radius 1 is 1.17 bits per heavy atom. The van der Waals surface area contributed by atoms with Crippen LogP contribution in [0.1, 0.15) is 12.8 Å². The van der Waals surface area contributed by atoms with Gasteiger partial charge < -0.3 is 9.47 Å². The number of halogens is 2. The third-order valence-electron chi connectivity index (χ3n) is 5.19. The molecule has 1 saturated heterocycles. The molecule has 1 N–H and O–H groups in total. The van der Waals surface area contributed by atoms with E-state index >= 15 is 0 Å². The van der Waals surface area contributed by atoms with Crippen molar-refractivity contribution < 1.29 is 22.3 Å². The van der Waals surface area contributed by atoms with Crippen molar-refractivity contribution in [3.05, 3.63) is 53.3 Å². The van der Waals surface area contributed by atoms with Crippen LogP contribution in [0.2, 0.25) is 5.02 Å². The van der Waals surface area contributed by atoms with E-state index in [1.165, 1.54) is 6.07 Å². The van der Waals surface area contributed by atoms with Crippen molar-refractivity contribution in [2.45, 2.75) is 17.7 Å². The van der Waals surface area contributed by atoms with Crippen molar-refractivity contribution in [2.75, 3.05) is 39.9 Å². The Balaban J connectivity index is 1.42. The summed E-state index contributed by atoms with van der Waals surface area (Å²) in [6.45, 7) is 3.32. The molecule has 0 aromatic heterocycles. The Morgan fingerprint density at radius 3 is 2.57 bits per heavy atom. The summed E-state index contributed by atoms with van der Waals surface area (Å²) in [6.07, 6.45) is 1.71. The molecule has 0 atom stereocenters. The first kappa shape index (κ1) is 22.8. The fraction of sp³-hybridized carbons (Fsp3) is 0.429. The topological polar surface area (TPSA) is 67.9 Å². The number of nitrogens with zero attached hydrogens (tertiary/aromatic N) is 1. The first-order chi connectivity index (χ1) is 14.4. The van der Waals surface area contributed by atoms with E-state index in [4.69, 9.17) is 21.1 Å². The van der Waals surface area contributed by atoms with Crippen molar-refractivity contribution in [2.24, 2.45) is 5.92 Å². The van der Waals surface area contributed by atoms with Crippen LogP contribution < -0.4 is 14.2 Å². The van der Waals surface area contributed by atoms with Gasteiger partial charge in [-0.2, -0.15) is 0 Å². The maximum absolute atomic E-state index is 13.9. The minimum atomic E-state index is -3.93. The average molecular weight is 457 g/mol. The number of likely N-dealkylation sites (tertiary alicyclic amines) is 1. The van der Waals surface area contributed by atoms with Crippen LogP contribution in [0, 0.1) is 11.7 Å². The summed E-state index contributed by atoms with van der Waals surface area (Å²) in [5, 5.41) is 0.181. The number of benzene rings is 2. The lowest BCUT2D eigenvalue weighted by Crippen LogP contribution is -2.40. The van der Waals surface area contributed by atoms with Gasteiger partial charge in [-0.3, -0.25) is 4.90 Å². The number of nitrogens with one attached hydrogen (secondary N) is 1. The van der Waals surface area contributed by atoms with Gasteiger partial charge in [-0.05, 0) is 62.2 Å². The van der Waals surface area contributed by atoms with E-state index in [9.17, 15) is 12.8 Å². The van der Waals surface area contributed by atoms with Crippen LogP contribution in [-0.4, -0.2) is 53.2 Å². The van der Waals surface area contributed by atoms with Crippen LogP contribution >= 0.6 is 11.6 Å². The summed E-state index contributed by atoms with van der Waals surface area (Å²) >= 11 is 5.80. The molecule has 0 saturated carbocycles. The lowest BCUT2D eigenvalue weighted by molar-refractivity contribution is 0.154. The number of para-hydroxylation sites is 2. The minimum absolute atomic E-state index is 0.181. The molecule has 1 fully saturated rings. The highest BCUT2D eigenvalue weighted by molar-refractivity contribution is 7.89. The molecule has 0 radical (unpaired) electrons. The van der Waals surface area contributed by atoms with Gasteiger partial charge >= 0.3 is 0 Å². The Kier molecular flexibility index (Phi) is 7.93. The van der Waals surface area contributed by atoms with Crippen LogP contribution in [-0.2, 0) is 10.0 Å². The van der Waals surface area contributed by atoms with Crippen molar-refractivity contribution in [1.82, 2.24) is 9.62 Å². The molecule has 0 amide bonds. The molecule has 164 valence electrons. The van der Waals surface area contributed by atoms with Crippen LogP contribution in [0.25, 0.3) is 0 Å². The zero-order valence-corrected chi connectivity index (χ0v) is 18.4. The quantitative estimate of drug-likeness (QED) is 0.625. The van der Waals surface area contributed by atoms with Crippen LogP contribution in [0.15, 0.2) is 47.4 Å². The second-order valence-corrected chi connectivity index (χ2v) is 9.38. The molecule has 1 aliphatic rings. The summed E-state index contributed by atoms with van der Waals surface area (Å²) in [7, 11) is -2.32. The van der Waals surface area contributed by atoms with E-state index in [-0.39, 0.29) is 17.5 Å². The second-order valence-electron chi connectivity index (χ2n) is 7.21. The number of sulfonamides is 1. The van der Waals surface area contributed by atoms with Gasteiger partial charge in [0.25, 0.3) is 0 Å². The smallest absolute Gasteiger partial charge is 0.243 e. The van der Waals surface area contributed by atoms with Gasteiger partial charge in [0.2, 0.25) is 10.0 Å². The monoisotopic (exact) mass is 456 g/mol. The van der Waals surface area contributed by atoms with Gasteiger partial charge in [0.05, 0.1) is 7.11 Å². The van der Waals surface area contributed by atoms with Gasteiger partial charge in [-0.15, -0.1) is 0 Å². The van der Waals surface area contributed by atoms with Crippen LogP contribution in [0.3, 0.4) is 0 Å². The number of methoxy groups -OCH3 is 1. The van der Waals surface area contributed by atoms with Gasteiger partial charge in [-0.1, -0.05) is 23.7 Å². The molecule has 3 rings (SSSR count). The lowest BCUT2D eigenvalue weighted by atomic mass is 9.97. The molecule has 0 spiro atoms. The normalized spacial score (nSPS) is 15.8. The standard InChI is InChI=1S/C21H26ClFN2O4S/c1-28-19-4-2-3-5-20(19)29-13-12-25-10-8-16(9-11-25)15-24-30(26,27)21-14-17(22)6-7-18(21)23/h2-7,14,16,24H,8-13,15H2,1H3. The Labute approximate surface area is 182 Å². The van der Waals surface area contributed by atoms with Gasteiger partial charge in [0.15, 0.2) is 11.5 Å². The Morgan fingerprint density at radius 2 is 1.87 bits per heavy atom. The number of hydrogen-bond acceptors (Lipinski definition) is 5. The molecule has 2 aromatic rings. The molecule has 1 aliphatic heterocycles. The highest BCUT2D eigenvalue weighted by Gasteiger charge is 2.24. The van der Waals surface area contributed by atoms with Crippen LogP contribution in [0.4, 0.5) is 4.39 Å². The summed E-state index contributed by atoms with van der Waals surface area (Å²) in [4.78, 5) is 1.87. The summed E-state index contributed by atoms with van der Waals surface area (Å²) < 4.78 is 52.3. The summed E-state index contributed by atoms with van der Waals surface area (Å²) in [5.41, 5.74) is 0. The number of hydrogen-bond donors (Lipinski definition) is 1. The summed E-state index contributed by atoms with van der Waals surface area (Å²) in [5.74, 6) is 0.822. The largest absolute Gasteiger partial charge is 0.493 e. The molecule has 2 aromatic carbocycles. The first-order valence-electron chi connectivity index (χ1n) is 9.82. The SMILES string of the molecule is COc1ccccc1OCCN1CCC(CNS(=O)(=O)c2cc(Cl)ccc2F)CC1. The zero-order chi connectivity index (χ0) is 21.6. The third-order valence-corrected chi connectivity index (χ3v) is 6.86. The van der Waals surface area contributed by atoms with Crippen molar-refractivity contribution >= 4 is 21.6 Å². The second kappa shape index (κ2) is 10.4. The van der Waals surface area contributed by atoms with Crippen molar-refractivity contribution in [1.29, 1.82) is 0 Å². The third kappa shape index (κ3) is 6.07. The number of rotatable bonds is 9. The van der Waals surface area contributed by atoms with E-state index in [0.29, 0.717) is 12.4 Å². The Bertz CT molecular complexity index is 950. The molecule has 9 heteroatoms. The van der Waals surface area contributed by atoms with Crippen molar-refractivity contribution in [3.8, 4) is 11.5 Å². The highest BCUT2D eigenvalue weighted by Crippen LogP contribution is 2.26. The summed E-state index contributed by atoms with van der Waals surface area (Å²) in [6, 6.07) is 11.0.